The minimum Gasteiger partial charge on any atom is -0.205 e. The van der Waals surface area contributed by atoms with E-state index in [4.69, 9.17) is 0 Å². The summed E-state index contributed by atoms with van der Waals surface area (Å²) >= 11 is 0. The molecule has 7 heteroatoms. The van der Waals surface area contributed by atoms with Crippen LogP contribution in [0.5, 0.6) is 0 Å². The van der Waals surface area contributed by atoms with Crippen LogP contribution in [0.3, 0.4) is 0 Å². The van der Waals surface area contributed by atoms with E-state index in [0.717, 1.165) is 16.0 Å². The van der Waals surface area contributed by atoms with Crippen molar-refractivity contribution in [1.82, 2.24) is 9.19 Å². The normalized spacial score (nSPS) is 13.2. The molecule has 0 saturated carbocycles. The molecule has 4 nitrogen and oxygen atoms in total. The molecule has 0 aromatic carbocycles. The van der Waals surface area contributed by atoms with Crippen molar-refractivity contribution in [3.05, 3.63) is 17.5 Å². The van der Waals surface area contributed by atoms with Gasteiger partial charge in [-0.15, -0.1) is 18.5 Å². The van der Waals surface area contributed by atoms with E-state index in [1.54, 1.807) is 13.0 Å². The fourth-order valence-corrected chi connectivity index (χ4v) is 2.15. The van der Waals surface area contributed by atoms with Gasteiger partial charge in [-0.2, -0.15) is 9.19 Å². The van der Waals surface area contributed by atoms with E-state index in [1.807, 2.05) is 6.92 Å². The Morgan fingerprint density at radius 3 is 2.21 bits per heavy atom. The van der Waals surface area contributed by atoms with Crippen molar-refractivity contribution in [3.63, 3.8) is 0 Å². The molecular weight excluding hydrogens is 238 g/mol. The smallest absolute Gasteiger partial charge is 0.205 e. The Kier molecular flexibility index (Phi) is 3.07. The van der Waals surface area contributed by atoms with Crippen LogP contribution in [0.25, 0.3) is 0 Å². The largest absolute Gasteiger partial charge is 0.251 e. The second kappa shape index (κ2) is 3.55. The fraction of sp³-hybridized carbons (Fsp3) is 0.571. The topological polar surface area (TPSA) is 52.0 Å². The minimum absolute atomic E-state index is 0.291. The molecule has 80 valence electrons. The van der Waals surface area contributed by atoms with E-state index in [0.29, 0.717) is 5.69 Å². The number of hydrogen-bond donors (Lipinski definition) is 0. The van der Waals surface area contributed by atoms with Crippen LogP contribution in [0.2, 0.25) is 0 Å². The first kappa shape index (κ1) is 12.1. The van der Waals surface area contributed by atoms with Gasteiger partial charge >= 0.3 is 0 Å². The molecule has 0 N–H and O–H groups in total. The van der Waals surface area contributed by atoms with Crippen molar-refractivity contribution in [2.45, 2.75) is 18.7 Å². The standard InChI is InChI=1S/C7H14N2O2P2S/c1-5-4-6(7(2,12)13)8-9(5)14(3,10)11/h4H,12-13H2,1-3H3. The first-order valence-corrected chi connectivity index (χ1v) is 6.98. The average molecular weight is 252 g/mol. The van der Waals surface area contributed by atoms with Gasteiger partial charge in [-0.1, -0.05) is 0 Å². The van der Waals surface area contributed by atoms with Gasteiger partial charge in [0, 0.05) is 4.90 Å². The maximum absolute atomic E-state index is 11.3. The van der Waals surface area contributed by atoms with Crippen LogP contribution >= 0.6 is 18.5 Å². The van der Waals surface area contributed by atoms with Gasteiger partial charge in [0.05, 0.1) is 17.6 Å². The van der Waals surface area contributed by atoms with E-state index < -0.39 is 10.0 Å². The summed E-state index contributed by atoms with van der Waals surface area (Å²) in [6, 6.07) is 1.76. The van der Waals surface area contributed by atoms with Crippen molar-refractivity contribution in [3.8, 4) is 0 Å². The second-order valence-electron chi connectivity index (χ2n) is 3.56. The molecular formula is C7H14N2O2P2S. The maximum Gasteiger partial charge on any atom is 0.251 e. The lowest BCUT2D eigenvalue weighted by atomic mass is 10.3. The quantitative estimate of drug-likeness (QED) is 0.735. The van der Waals surface area contributed by atoms with Gasteiger partial charge in [-0.3, -0.25) is 0 Å². The average Bonchev–Trinajstić information content (AvgIpc) is 2.27. The Labute approximate surface area is 88.9 Å². The first-order chi connectivity index (χ1) is 6.12. The number of aryl methyl sites for hydroxylation is 1. The van der Waals surface area contributed by atoms with Gasteiger partial charge in [-0.25, -0.2) is 8.42 Å². The zero-order chi connectivity index (χ0) is 11.1. The Balaban J connectivity index is 3.33. The summed E-state index contributed by atoms with van der Waals surface area (Å²) < 4.78 is 23.6. The highest BCUT2D eigenvalue weighted by Crippen LogP contribution is 2.37. The predicted molar refractivity (Wildman–Crippen MR) is 64.0 cm³/mol. The van der Waals surface area contributed by atoms with Gasteiger partial charge in [0.15, 0.2) is 0 Å². The Hall–Kier alpha value is 0.0200. The van der Waals surface area contributed by atoms with Crippen molar-refractivity contribution in [2.24, 2.45) is 0 Å². The number of rotatable bonds is 2. The third kappa shape index (κ3) is 2.53. The molecule has 1 aromatic rings. The van der Waals surface area contributed by atoms with Crippen molar-refractivity contribution in [1.29, 1.82) is 0 Å². The monoisotopic (exact) mass is 252 g/mol. The van der Waals surface area contributed by atoms with Crippen molar-refractivity contribution >= 4 is 28.5 Å². The van der Waals surface area contributed by atoms with Gasteiger partial charge in [0.2, 0.25) is 0 Å². The Morgan fingerprint density at radius 1 is 1.50 bits per heavy atom. The van der Waals surface area contributed by atoms with Crippen LogP contribution in [0, 0.1) is 6.92 Å². The van der Waals surface area contributed by atoms with E-state index in [9.17, 15) is 8.42 Å². The lowest BCUT2D eigenvalue weighted by molar-refractivity contribution is 0.583. The molecule has 1 aromatic heterocycles. The zero-order valence-corrected chi connectivity index (χ0v) is 11.5. The van der Waals surface area contributed by atoms with Gasteiger partial charge in [0.1, 0.15) is 0 Å². The molecule has 0 amide bonds. The Bertz CT molecular complexity index is 445. The molecule has 1 rings (SSSR count). The van der Waals surface area contributed by atoms with Crippen LogP contribution in [0.1, 0.15) is 18.3 Å². The summed E-state index contributed by atoms with van der Waals surface area (Å²) in [5.41, 5.74) is 1.34. The molecule has 0 saturated heterocycles. The summed E-state index contributed by atoms with van der Waals surface area (Å²) in [4.78, 5) is -0.291. The van der Waals surface area contributed by atoms with E-state index in [2.05, 4.69) is 23.6 Å². The maximum atomic E-state index is 11.3. The molecule has 14 heavy (non-hydrogen) atoms. The number of hydrogen-bond acceptors (Lipinski definition) is 3. The Morgan fingerprint density at radius 2 is 2.00 bits per heavy atom. The van der Waals surface area contributed by atoms with Gasteiger partial charge in [0.25, 0.3) is 10.0 Å². The van der Waals surface area contributed by atoms with E-state index in [-0.39, 0.29) is 4.90 Å². The lowest BCUT2D eigenvalue weighted by Crippen LogP contribution is -2.14. The van der Waals surface area contributed by atoms with Gasteiger partial charge in [-0.05, 0) is 19.9 Å². The number of aromatic nitrogens is 2. The van der Waals surface area contributed by atoms with Crippen molar-refractivity contribution in [2.75, 3.05) is 6.26 Å². The molecule has 0 aliphatic carbocycles. The number of nitrogens with zero attached hydrogens (tertiary/aromatic N) is 2. The summed E-state index contributed by atoms with van der Waals surface area (Å²) in [5.74, 6) is 0. The second-order valence-corrected chi connectivity index (χ2v) is 8.44. The lowest BCUT2D eigenvalue weighted by Gasteiger charge is -2.13. The molecule has 0 aliphatic rings. The molecule has 0 bridgehead atoms. The fourth-order valence-electron chi connectivity index (χ4n) is 1.06. The van der Waals surface area contributed by atoms with Crippen LogP contribution < -0.4 is 0 Å². The SMILES string of the molecule is Cc1cc(C(C)(P)P)nn1S(C)(=O)=O. The molecule has 0 aliphatic heterocycles. The molecule has 0 radical (unpaired) electrons. The summed E-state index contributed by atoms with van der Waals surface area (Å²) in [5, 5.41) is 4.04. The summed E-state index contributed by atoms with van der Waals surface area (Å²) in [6.45, 7) is 3.65. The molecule has 2 atom stereocenters. The van der Waals surface area contributed by atoms with Crippen LogP contribution in [-0.2, 0) is 14.9 Å². The molecule has 1 heterocycles. The van der Waals surface area contributed by atoms with E-state index in [1.165, 1.54) is 0 Å². The predicted octanol–water partition coefficient (Wildman–Crippen LogP) is 0.922. The zero-order valence-electron chi connectivity index (χ0n) is 8.35. The first-order valence-electron chi connectivity index (χ1n) is 3.98. The van der Waals surface area contributed by atoms with Gasteiger partial charge < -0.3 is 0 Å². The third-order valence-corrected chi connectivity index (χ3v) is 3.30. The van der Waals surface area contributed by atoms with E-state index >= 15 is 0 Å². The highest BCUT2D eigenvalue weighted by Gasteiger charge is 2.21. The third-order valence-electron chi connectivity index (χ3n) is 1.71. The molecule has 2 unspecified atom stereocenters. The summed E-state index contributed by atoms with van der Waals surface area (Å²) in [6.07, 6.45) is 1.14. The van der Waals surface area contributed by atoms with Crippen LogP contribution in [0.15, 0.2) is 6.07 Å². The van der Waals surface area contributed by atoms with Crippen molar-refractivity contribution < 1.29 is 8.42 Å². The highest BCUT2D eigenvalue weighted by molar-refractivity contribution is 7.89. The molecule has 0 fully saturated rings. The highest BCUT2D eigenvalue weighted by atomic mass is 32.2. The summed E-state index contributed by atoms with van der Waals surface area (Å²) in [7, 11) is 1.91. The minimum atomic E-state index is -3.29. The van der Waals surface area contributed by atoms with Crippen LogP contribution in [-0.4, -0.2) is 23.9 Å². The molecule has 0 spiro atoms. The van der Waals surface area contributed by atoms with Crippen LogP contribution in [0.4, 0.5) is 0 Å².